The van der Waals surface area contributed by atoms with Gasteiger partial charge in [-0.15, -0.1) is 0 Å². The molecule has 1 aromatic carbocycles. The Bertz CT molecular complexity index is 316. The maximum atomic E-state index is 5.19. The standard InChI is InChI=1S/C13H16O/c1-4-13(14-3)10-11(2)12-8-6-5-7-9-12/h5-10H,2,4H2,1,3H3/b13-10-. The van der Waals surface area contributed by atoms with Crippen LogP contribution in [0.3, 0.4) is 0 Å². The predicted octanol–water partition coefficient (Wildman–Crippen LogP) is 3.64. The number of ether oxygens (including phenoxy) is 1. The van der Waals surface area contributed by atoms with Gasteiger partial charge in [-0.25, -0.2) is 0 Å². The van der Waals surface area contributed by atoms with Crippen LogP contribution in [0.15, 0.2) is 48.7 Å². The Morgan fingerprint density at radius 3 is 2.50 bits per heavy atom. The van der Waals surface area contributed by atoms with Crippen molar-refractivity contribution in [3.63, 3.8) is 0 Å². The van der Waals surface area contributed by atoms with Crippen LogP contribution in [0.4, 0.5) is 0 Å². The summed E-state index contributed by atoms with van der Waals surface area (Å²) in [7, 11) is 1.69. The van der Waals surface area contributed by atoms with Crippen LogP contribution in [-0.2, 0) is 4.74 Å². The molecule has 0 saturated carbocycles. The SMILES string of the molecule is C=C(/C=C(/CC)OC)c1ccccc1. The molecule has 0 aliphatic rings. The van der Waals surface area contributed by atoms with Crippen LogP contribution in [0.1, 0.15) is 18.9 Å². The van der Waals surface area contributed by atoms with Crippen LogP contribution in [0.2, 0.25) is 0 Å². The molecule has 0 radical (unpaired) electrons. The van der Waals surface area contributed by atoms with Gasteiger partial charge in [0.15, 0.2) is 0 Å². The molecule has 0 spiro atoms. The average molecular weight is 188 g/mol. The van der Waals surface area contributed by atoms with E-state index in [2.05, 4.69) is 13.5 Å². The zero-order chi connectivity index (χ0) is 10.4. The van der Waals surface area contributed by atoms with Crippen LogP contribution < -0.4 is 0 Å². The van der Waals surface area contributed by atoms with Gasteiger partial charge in [0.05, 0.1) is 12.9 Å². The molecule has 74 valence electrons. The Morgan fingerprint density at radius 1 is 1.36 bits per heavy atom. The largest absolute Gasteiger partial charge is 0.501 e. The minimum absolute atomic E-state index is 0.891. The zero-order valence-electron chi connectivity index (χ0n) is 8.79. The van der Waals surface area contributed by atoms with E-state index in [-0.39, 0.29) is 0 Å². The van der Waals surface area contributed by atoms with Crippen LogP contribution in [0.5, 0.6) is 0 Å². The second-order valence-corrected chi connectivity index (χ2v) is 3.06. The van der Waals surface area contributed by atoms with Gasteiger partial charge in [0.25, 0.3) is 0 Å². The van der Waals surface area contributed by atoms with E-state index in [0.29, 0.717) is 0 Å². The first-order chi connectivity index (χ1) is 6.77. The van der Waals surface area contributed by atoms with Gasteiger partial charge in [0.2, 0.25) is 0 Å². The maximum absolute atomic E-state index is 5.19. The molecule has 0 fully saturated rings. The van der Waals surface area contributed by atoms with Gasteiger partial charge in [-0.1, -0.05) is 43.8 Å². The van der Waals surface area contributed by atoms with Gasteiger partial charge < -0.3 is 4.74 Å². The first-order valence-corrected chi connectivity index (χ1v) is 4.76. The van der Waals surface area contributed by atoms with Crippen molar-refractivity contribution in [3.05, 3.63) is 54.3 Å². The molecule has 1 heteroatoms. The van der Waals surface area contributed by atoms with E-state index < -0.39 is 0 Å². The van der Waals surface area contributed by atoms with Crippen molar-refractivity contribution < 1.29 is 4.74 Å². The molecular formula is C13H16O. The zero-order valence-corrected chi connectivity index (χ0v) is 8.79. The van der Waals surface area contributed by atoms with Gasteiger partial charge >= 0.3 is 0 Å². The molecule has 0 N–H and O–H groups in total. The lowest BCUT2D eigenvalue weighted by atomic mass is 10.1. The van der Waals surface area contributed by atoms with E-state index in [4.69, 9.17) is 4.74 Å². The minimum atomic E-state index is 0.891. The Balaban J connectivity index is 2.82. The molecule has 1 aromatic rings. The van der Waals surface area contributed by atoms with Crippen LogP contribution in [0, 0.1) is 0 Å². The maximum Gasteiger partial charge on any atom is 0.0958 e. The number of benzene rings is 1. The molecule has 0 heterocycles. The summed E-state index contributed by atoms with van der Waals surface area (Å²) in [6, 6.07) is 10.1. The summed E-state index contributed by atoms with van der Waals surface area (Å²) >= 11 is 0. The fourth-order valence-corrected chi connectivity index (χ4v) is 1.24. The molecule has 1 nitrogen and oxygen atoms in total. The molecule has 0 atom stereocenters. The summed E-state index contributed by atoms with van der Waals surface area (Å²) in [6.07, 6.45) is 2.87. The van der Waals surface area contributed by atoms with Crippen molar-refractivity contribution >= 4 is 5.57 Å². The third-order valence-electron chi connectivity index (χ3n) is 2.09. The van der Waals surface area contributed by atoms with Crippen molar-refractivity contribution in [2.24, 2.45) is 0 Å². The Morgan fingerprint density at radius 2 is 2.00 bits per heavy atom. The molecule has 0 unspecified atom stereocenters. The molecule has 14 heavy (non-hydrogen) atoms. The third-order valence-corrected chi connectivity index (χ3v) is 2.09. The fourth-order valence-electron chi connectivity index (χ4n) is 1.24. The molecule has 0 aromatic heterocycles. The van der Waals surface area contributed by atoms with Gasteiger partial charge in [-0.05, 0) is 17.2 Å². The Hall–Kier alpha value is -1.50. The predicted molar refractivity (Wildman–Crippen MR) is 60.9 cm³/mol. The van der Waals surface area contributed by atoms with E-state index in [0.717, 1.165) is 23.3 Å². The van der Waals surface area contributed by atoms with Crippen molar-refractivity contribution in [2.75, 3.05) is 7.11 Å². The quantitative estimate of drug-likeness (QED) is 0.517. The van der Waals surface area contributed by atoms with Gasteiger partial charge in [-0.2, -0.15) is 0 Å². The molecule has 0 bridgehead atoms. The lowest BCUT2D eigenvalue weighted by Crippen LogP contribution is -1.86. The van der Waals surface area contributed by atoms with E-state index >= 15 is 0 Å². The summed E-state index contributed by atoms with van der Waals surface area (Å²) in [4.78, 5) is 0. The average Bonchev–Trinajstić information content (AvgIpc) is 2.26. The first-order valence-electron chi connectivity index (χ1n) is 4.76. The van der Waals surface area contributed by atoms with E-state index in [9.17, 15) is 0 Å². The van der Waals surface area contributed by atoms with Crippen molar-refractivity contribution in [2.45, 2.75) is 13.3 Å². The van der Waals surface area contributed by atoms with Crippen LogP contribution in [-0.4, -0.2) is 7.11 Å². The Labute approximate surface area is 85.7 Å². The van der Waals surface area contributed by atoms with E-state index in [1.165, 1.54) is 0 Å². The van der Waals surface area contributed by atoms with Gasteiger partial charge in [0, 0.05) is 6.42 Å². The van der Waals surface area contributed by atoms with E-state index in [1.54, 1.807) is 7.11 Å². The Kier molecular flexibility index (Phi) is 3.99. The van der Waals surface area contributed by atoms with Gasteiger partial charge in [-0.3, -0.25) is 0 Å². The molecule has 0 saturated heterocycles. The molecular weight excluding hydrogens is 172 g/mol. The highest BCUT2D eigenvalue weighted by Crippen LogP contribution is 2.16. The molecule has 0 aliphatic carbocycles. The summed E-state index contributed by atoms with van der Waals surface area (Å²) in [6.45, 7) is 6.07. The normalized spacial score (nSPS) is 11.1. The number of methoxy groups -OCH3 is 1. The van der Waals surface area contributed by atoms with Crippen molar-refractivity contribution in [1.82, 2.24) is 0 Å². The summed E-state index contributed by atoms with van der Waals surface area (Å²) < 4.78 is 5.19. The smallest absolute Gasteiger partial charge is 0.0958 e. The highest BCUT2D eigenvalue weighted by Gasteiger charge is 1.96. The van der Waals surface area contributed by atoms with Crippen LogP contribution in [0.25, 0.3) is 5.57 Å². The van der Waals surface area contributed by atoms with E-state index in [1.807, 2.05) is 36.4 Å². The third kappa shape index (κ3) is 2.77. The van der Waals surface area contributed by atoms with Gasteiger partial charge in [0.1, 0.15) is 0 Å². The fraction of sp³-hybridized carbons (Fsp3) is 0.231. The summed E-state index contributed by atoms with van der Waals surface area (Å²) in [5.41, 5.74) is 2.12. The molecule has 0 amide bonds. The highest BCUT2D eigenvalue weighted by molar-refractivity contribution is 5.72. The monoisotopic (exact) mass is 188 g/mol. The lowest BCUT2D eigenvalue weighted by Gasteiger charge is -2.04. The first kappa shape index (κ1) is 10.6. The van der Waals surface area contributed by atoms with Crippen molar-refractivity contribution in [3.8, 4) is 0 Å². The van der Waals surface area contributed by atoms with Crippen LogP contribution >= 0.6 is 0 Å². The number of hydrogen-bond donors (Lipinski definition) is 0. The summed E-state index contributed by atoms with van der Waals surface area (Å²) in [5, 5.41) is 0. The second-order valence-electron chi connectivity index (χ2n) is 3.06. The lowest BCUT2D eigenvalue weighted by molar-refractivity contribution is 0.281. The topological polar surface area (TPSA) is 9.23 Å². The number of rotatable bonds is 4. The highest BCUT2D eigenvalue weighted by atomic mass is 16.5. The second kappa shape index (κ2) is 5.28. The molecule has 0 aliphatic heterocycles. The summed E-state index contributed by atoms with van der Waals surface area (Å²) in [5.74, 6) is 0.957. The van der Waals surface area contributed by atoms with Crippen molar-refractivity contribution in [1.29, 1.82) is 0 Å². The number of allylic oxidation sites excluding steroid dienone is 3. The number of hydrogen-bond acceptors (Lipinski definition) is 1. The minimum Gasteiger partial charge on any atom is -0.501 e. The molecule has 1 rings (SSSR count).